The minimum absolute atomic E-state index is 0.0126. The largest absolute Gasteiger partial charge is 0.324 e. The van der Waals surface area contributed by atoms with Gasteiger partial charge in [-0.3, -0.25) is 14.4 Å². The summed E-state index contributed by atoms with van der Waals surface area (Å²) in [4.78, 5) is 39.5. The Labute approximate surface area is 174 Å². The summed E-state index contributed by atoms with van der Waals surface area (Å²) in [5, 5.41) is 6.96. The van der Waals surface area contributed by atoms with E-state index in [2.05, 4.69) is 10.4 Å². The summed E-state index contributed by atoms with van der Waals surface area (Å²) < 4.78 is 1.02. The quantitative estimate of drug-likeness (QED) is 0.727. The monoisotopic (exact) mass is 402 g/mol. The fourth-order valence-electron chi connectivity index (χ4n) is 3.71. The Balaban J connectivity index is 1.56. The van der Waals surface area contributed by atoms with Crippen molar-refractivity contribution in [1.82, 2.24) is 9.78 Å². The molecule has 0 saturated heterocycles. The summed E-state index contributed by atoms with van der Waals surface area (Å²) in [6.07, 6.45) is 0.764. The number of nitrogens with one attached hydrogen (secondary N) is 1. The zero-order chi connectivity index (χ0) is 21.3. The number of hydrogen-bond donors (Lipinski definition) is 1. The third-order valence-electron chi connectivity index (χ3n) is 5.22. The van der Waals surface area contributed by atoms with Gasteiger partial charge in [-0.1, -0.05) is 36.4 Å². The van der Waals surface area contributed by atoms with E-state index in [0.29, 0.717) is 5.69 Å². The molecule has 0 unspecified atom stereocenters. The molecule has 0 aliphatic carbocycles. The first-order chi connectivity index (χ1) is 14.4. The molecule has 0 saturated carbocycles. The number of nitrogens with zero attached hydrogens (tertiary/aromatic N) is 3. The Morgan fingerprint density at radius 3 is 2.60 bits per heavy atom. The summed E-state index contributed by atoms with van der Waals surface area (Å²) in [5.41, 5.74) is 3.22. The Kier molecular flexibility index (Phi) is 5.18. The molecule has 1 aliphatic heterocycles. The van der Waals surface area contributed by atoms with Gasteiger partial charge in [-0.05, 0) is 49.6 Å². The molecular weight excluding hydrogens is 380 g/mol. The number of benzene rings is 2. The minimum Gasteiger partial charge on any atom is -0.324 e. The SMILES string of the molecule is Cc1ccccc1NC(=O)Cn1nc(C(=O)N2c3ccccc3C[C@H]2C)ccc1=O. The molecule has 3 aromatic rings. The minimum atomic E-state index is -0.443. The van der Waals surface area contributed by atoms with Gasteiger partial charge in [-0.15, -0.1) is 0 Å². The van der Waals surface area contributed by atoms with Crippen molar-refractivity contribution < 1.29 is 9.59 Å². The second-order valence-corrected chi connectivity index (χ2v) is 7.43. The van der Waals surface area contributed by atoms with Crippen LogP contribution in [0.2, 0.25) is 0 Å². The van der Waals surface area contributed by atoms with Crippen molar-refractivity contribution in [3.8, 4) is 0 Å². The average Bonchev–Trinajstić information content (AvgIpc) is 3.06. The van der Waals surface area contributed by atoms with E-state index in [0.717, 1.165) is 27.9 Å². The van der Waals surface area contributed by atoms with Gasteiger partial charge >= 0.3 is 0 Å². The predicted molar refractivity (Wildman–Crippen MR) is 115 cm³/mol. The topological polar surface area (TPSA) is 84.3 Å². The van der Waals surface area contributed by atoms with Gasteiger partial charge in [0.05, 0.1) is 0 Å². The number of rotatable bonds is 4. The van der Waals surface area contributed by atoms with Crippen molar-refractivity contribution in [2.45, 2.75) is 32.9 Å². The van der Waals surface area contributed by atoms with E-state index in [4.69, 9.17) is 0 Å². The molecule has 2 heterocycles. The van der Waals surface area contributed by atoms with Crippen LogP contribution in [0.5, 0.6) is 0 Å². The first-order valence-corrected chi connectivity index (χ1v) is 9.79. The summed E-state index contributed by atoms with van der Waals surface area (Å²) in [6.45, 7) is 3.58. The molecule has 4 rings (SSSR count). The molecule has 7 heteroatoms. The molecule has 30 heavy (non-hydrogen) atoms. The van der Waals surface area contributed by atoms with E-state index < -0.39 is 5.56 Å². The van der Waals surface area contributed by atoms with Gasteiger partial charge in [0, 0.05) is 23.5 Å². The summed E-state index contributed by atoms with van der Waals surface area (Å²) in [6, 6.07) is 17.8. The highest BCUT2D eigenvalue weighted by atomic mass is 16.2. The molecule has 7 nitrogen and oxygen atoms in total. The number of hydrogen-bond acceptors (Lipinski definition) is 4. The smallest absolute Gasteiger partial charge is 0.278 e. The van der Waals surface area contributed by atoms with Crippen LogP contribution in [0.1, 0.15) is 28.5 Å². The molecule has 0 spiro atoms. The van der Waals surface area contributed by atoms with E-state index >= 15 is 0 Å². The molecule has 1 N–H and O–H groups in total. The number of aromatic nitrogens is 2. The van der Waals surface area contributed by atoms with Gasteiger partial charge in [0.1, 0.15) is 12.2 Å². The Bertz CT molecular complexity index is 1180. The first kappa shape index (κ1) is 19.6. The molecule has 2 aromatic carbocycles. The van der Waals surface area contributed by atoms with Crippen molar-refractivity contribution in [2.24, 2.45) is 0 Å². The van der Waals surface area contributed by atoms with Crippen LogP contribution in [0.25, 0.3) is 0 Å². The molecule has 0 bridgehead atoms. The lowest BCUT2D eigenvalue weighted by molar-refractivity contribution is -0.117. The molecule has 152 valence electrons. The molecular formula is C23H22N4O3. The number of aryl methyl sites for hydroxylation is 1. The molecule has 1 aromatic heterocycles. The van der Waals surface area contributed by atoms with E-state index in [1.165, 1.54) is 12.1 Å². The third-order valence-corrected chi connectivity index (χ3v) is 5.22. The lowest BCUT2D eigenvalue weighted by Gasteiger charge is -2.22. The standard InChI is InChI=1S/C23H22N4O3/c1-15-7-3-5-9-18(15)24-21(28)14-26-22(29)12-11-19(25-26)23(30)27-16(2)13-17-8-4-6-10-20(17)27/h3-12,16H,13-14H2,1-2H3,(H,24,28)/t16-/m1/s1. The fraction of sp³-hybridized carbons (Fsp3) is 0.217. The van der Waals surface area contributed by atoms with Crippen LogP contribution >= 0.6 is 0 Å². The fourth-order valence-corrected chi connectivity index (χ4v) is 3.71. The second kappa shape index (κ2) is 7.94. The van der Waals surface area contributed by atoms with E-state index in [9.17, 15) is 14.4 Å². The molecule has 2 amide bonds. The van der Waals surface area contributed by atoms with Gasteiger partial charge < -0.3 is 10.2 Å². The number of carbonyl (C=O) groups excluding carboxylic acids is 2. The maximum atomic E-state index is 13.2. The summed E-state index contributed by atoms with van der Waals surface area (Å²) in [5.74, 6) is -0.677. The van der Waals surface area contributed by atoms with Crippen molar-refractivity contribution >= 4 is 23.2 Å². The zero-order valence-corrected chi connectivity index (χ0v) is 16.8. The van der Waals surface area contributed by atoms with E-state index in [1.54, 1.807) is 11.0 Å². The number of fused-ring (bicyclic) bond motifs is 1. The highest BCUT2D eigenvalue weighted by molar-refractivity contribution is 6.06. The van der Waals surface area contributed by atoms with Crippen LogP contribution in [-0.4, -0.2) is 27.6 Å². The molecule has 1 atom stereocenters. The van der Waals surface area contributed by atoms with Crippen molar-refractivity contribution in [1.29, 1.82) is 0 Å². The van der Waals surface area contributed by atoms with Crippen molar-refractivity contribution in [2.75, 3.05) is 10.2 Å². The maximum absolute atomic E-state index is 13.2. The number of anilines is 2. The second-order valence-electron chi connectivity index (χ2n) is 7.43. The zero-order valence-electron chi connectivity index (χ0n) is 16.8. The molecule has 0 fully saturated rings. The highest BCUT2D eigenvalue weighted by Gasteiger charge is 2.32. The van der Waals surface area contributed by atoms with Crippen LogP contribution in [0, 0.1) is 6.92 Å². The van der Waals surface area contributed by atoms with Gasteiger partial charge in [0.15, 0.2) is 0 Å². The third kappa shape index (κ3) is 3.74. The highest BCUT2D eigenvalue weighted by Crippen LogP contribution is 2.32. The van der Waals surface area contributed by atoms with Gasteiger partial charge in [-0.25, -0.2) is 4.68 Å². The van der Waals surface area contributed by atoms with Crippen molar-refractivity contribution in [3.05, 3.63) is 87.8 Å². The van der Waals surface area contributed by atoms with Crippen LogP contribution in [0.4, 0.5) is 11.4 Å². The predicted octanol–water partition coefficient (Wildman–Crippen LogP) is 2.78. The Morgan fingerprint density at radius 2 is 1.80 bits per heavy atom. The summed E-state index contributed by atoms with van der Waals surface area (Å²) >= 11 is 0. The summed E-state index contributed by atoms with van der Waals surface area (Å²) in [7, 11) is 0. The number of para-hydroxylation sites is 2. The van der Waals surface area contributed by atoms with E-state index in [1.807, 2.05) is 56.3 Å². The van der Waals surface area contributed by atoms with Crippen molar-refractivity contribution in [3.63, 3.8) is 0 Å². The maximum Gasteiger partial charge on any atom is 0.278 e. The van der Waals surface area contributed by atoms with Crippen LogP contribution in [0.3, 0.4) is 0 Å². The average molecular weight is 402 g/mol. The lowest BCUT2D eigenvalue weighted by atomic mass is 10.1. The van der Waals surface area contributed by atoms with E-state index in [-0.39, 0.29) is 30.1 Å². The molecule has 1 aliphatic rings. The number of amides is 2. The van der Waals surface area contributed by atoms with Crippen LogP contribution in [-0.2, 0) is 17.8 Å². The van der Waals surface area contributed by atoms with Crippen LogP contribution in [0.15, 0.2) is 65.5 Å². The Morgan fingerprint density at radius 1 is 1.07 bits per heavy atom. The van der Waals surface area contributed by atoms with Gasteiger partial charge in [0.2, 0.25) is 5.91 Å². The Hall–Kier alpha value is -3.74. The molecule has 0 radical (unpaired) electrons. The first-order valence-electron chi connectivity index (χ1n) is 9.79. The van der Waals surface area contributed by atoms with Gasteiger partial charge in [0.25, 0.3) is 11.5 Å². The normalized spacial score (nSPS) is 15.0. The van der Waals surface area contributed by atoms with Gasteiger partial charge in [-0.2, -0.15) is 5.10 Å². The van der Waals surface area contributed by atoms with Crippen LogP contribution < -0.4 is 15.8 Å². The number of carbonyl (C=O) groups is 2. The lowest BCUT2D eigenvalue weighted by Crippen LogP contribution is -2.38.